The van der Waals surface area contributed by atoms with Crippen LogP contribution in [0.3, 0.4) is 0 Å². The molecule has 0 atom stereocenters. The fourth-order valence-electron chi connectivity index (χ4n) is 1.63. The Morgan fingerprint density at radius 3 is 2.88 bits per heavy atom. The van der Waals surface area contributed by atoms with Crippen molar-refractivity contribution in [2.75, 3.05) is 6.54 Å². The van der Waals surface area contributed by atoms with E-state index in [9.17, 15) is 0 Å². The molecule has 0 saturated heterocycles. The van der Waals surface area contributed by atoms with E-state index in [0.29, 0.717) is 0 Å². The molecule has 0 fully saturated rings. The topological polar surface area (TPSA) is 24.9 Å². The van der Waals surface area contributed by atoms with E-state index < -0.39 is 0 Å². The fraction of sp³-hybridized carbons (Fsp3) is 0.417. The minimum Gasteiger partial charge on any atom is -0.312 e. The van der Waals surface area contributed by atoms with Crippen LogP contribution in [0.5, 0.6) is 0 Å². The van der Waals surface area contributed by atoms with E-state index >= 15 is 0 Å². The van der Waals surface area contributed by atoms with Crippen molar-refractivity contribution >= 4 is 22.7 Å². The van der Waals surface area contributed by atoms with E-state index in [1.165, 1.54) is 21.1 Å². The van der Waals surface area contributed by atoms with Crippen molar-refractivity contribution in [2.24, 2.45) is 0 Å². The van der Waals surface area contributed by atoms with Crippen LogP contribution in [-0.4, -0.2) is 11.5 Å². The predicted octanol–water partition coefficient (Wildman–Crippen LogP) is 3.15. The standard InChI is InChI=1S/C12H16N2S2/c1-9-12(16-10(2)14-9)3-5-13-7-11-4-6-15-8-11/h4,6,8,13H,3,5,7H2,1-2H3. The molecule has 2 rings (SSSR count). The van der Waals surface area contributed by atoms with Crippen LogP contribution in [0.2, 0.25) is 0 Å². The van der Waals surface area contributed by atoms with Gasteiger partial charge in [0.2, 0.25) is 0 Å². The maximum Gasteiger partial charge on any atom is 0.0900 e. The SMILES string of the molecule is Cc1nc(C)c(CCNCc2ccsc2)s1. The van der Waals surface area contributed by atoms with E-state index in [-0.39, 0.29) is 0 Å². The molecule has 0 unspecified atom stereocenters. The van der Waals surface area contributed by atoms with Gasteiger partial charge in [-0.15, -0.1) is 11.3 Å². The van der Waals surface area contributed by atoms with Gasteiger partial charge in [-0.25, -0.2) is 4.98 Å². The van der Waals surface area contributed by atoms with Crippen molar-refractivity contribution in [2.45, 2.75) is 26.8 Å². The van der Waals surface area contributed by atoms with Gasteiger partial charge < -0.3 is 5.32 Å². The second-order valence-electron chi connectivity index (χ2n) is 3.80. The van der Waals surface area contributed by atoms with E-state index in [1.807, 2.05) is 11.3 Å². The quantitative estimate of drug-likeness (QED) is 0.827. The Bertz CT molecular complexity index is 432. The summed E-state index contributed by atoms with van der Waals surface area (Å²) in [5.41, 5.74) is 2.57. The number of aromatic nitrogens is 1. The van der Waals surface area contributed by atoms with Gasteiger partial charge >= 0.3 is 0 Å². The minimum absolute atomic E-state index is 0.973. The van der Waals surface area contributed by atoms with Gasteiger partial charge in [0, 0.05) is 18.0 Å². The lowest BCUT2D eigenvalue weighted by atomic mass is 10.3. The van der Waals surface area contributed by atoms with E-state index in [1.54, 1.807) is 11.3 Å². The molecule has 0 aliphatic carbocycles. The summed E-state index contributed by atoms with van der Waals surface area (Å²) in [7, 11) is 0. The minimum atomic E-state index is 0.973. The summed E-state index contributed by atoms with van der Waals surface area (Å²) in [6.07, 6.45) is 1.08. The maximum atomic E-state index is 4.43. The van der Waals surface area contributed by atoms with Crippen molar-refractivity contribution in [1.82, 2.24) is 10.3 Å². The van der Waals surface area contributed by atoms with Crippen LogP contribution in [0.1, 0.15) is 21.1 Å². The molecule has 0 aliphatic rings. The second-order valence-corrected chi connectivity index (χ2v) is 5.87. The number of nitrogens with zero attached hydrogens (tertiary/aromatic N) is 1. The maximum absolute atomic E-state index is 4.43. The molecule has 0 radical (unpaired) electrons. The lowest BCUT2D eigenvalue weighted by molar-refractivity contribution is 0.690. The summed E-state index contributed by atoms with van der Waals surface area (Å²) in [6, 6.07) is 2.17. The smallest absolute Gasteiger partial charge is 0.0900 e. The second kappa shape index (κ2) is 5.57. The first-order valence-corrected chi connectivity index (χ1v) is 7.16. The van der Waals surface area contributed by atoms with Crippen molar-refractivity contribution in [1.29, 1.82) is 0 Å². The first kappa shape index (κ1) is 11.8. The molecule has 2 nitrogen and oxygen atoms in total. The van der Waals surface area contributed by atoms with Gasteiger partial charge in [0.1, 0.15) is 0 Å². The number of hydrogen-bond donors (Lipinski definition) is 1. The van der Waals surface area contributed by atoms with Gasteiger partial charge in [-0.2, -0.15) is 11.3 Å². The van der Waals surface area contributed by atoms with E-state index in [4.69, 9.17) is 0 Å². The van der Waals surface area contributed by atoms with Crippen LogP contribution in [0.4, 0.5) is 0 Å². The molecule has 0 spiro atoms. The normalized spacial score (nSPS) is 10.9. The number of rotatable bonds is 5. The highest BCUT2D eigenvalue weighted by molar-refractivity contribution is 7.11. The van der Waals surface area contributed by atoms with E-state index in [0.717, 1.165) is 19.5 Å². The van der Waals surface area contributed by atoms with Crippen LogP contribution in [-0.2, 0) is 13.0 Å². The Hall–Kier alpha value is -0.710. The third-order valence-electron chi connectivity index (χ3n) is 2.44. The molecule has 0 saturated carbocycles. The van der Waals surface area contributed by atoms with Crippen LogP contribution in [0, 0.1) is 13.8 Å². The average molecular weight is 252 g/mol. The molecule has 86 valence electrons. The average Bonchev–Trinajstić information content (AvgIpc) is 2.84. The summed E-state index contributed by atoms with van der Waals surface area (Å²) in [6.45, 7) is 6.16. The third-order valence-corrected chi connectivity index (χ3v) is 4.30. The van der Waals surface area contributed by atoms with Gasteiger partial charge in [0.15, 0.2) is 0 Å². The summed E-state index contributed by atoms with van der Waals surface area (Å²) < 4.78 is 0. The summed E-state index contributed by atoms with van der Waals surface area (Å²) >= 11 is 3.57. The monoisotopic (exact) mass is 252 g/mol. The zero-order valence-electron chi connectivity index (χ0n) is 9.62. The zero-order chi connectivity index (χ0) is 11.4. The number of hydrogen-bond acceptors (Lipinski definition) is 4. The summed E-state index contributed by atoms with van der Waals surface area (Å²) in [5, 5.41) is 8.94. The molecule has 2 aromatic rings. The first-order chi connectivity index (χ1) is 7.75. The predicted molar refractivity (Wildman–Crippen MR) is 71.3 cm³/mol. The highest BCUT2D eigenvalue weighted by atomic mass is 32.1. The number of aryl methyl sites for hydroxylation is 2. The third kappa shape index (κ3) is 3.14. The highest BCUT2D eigenvalue weighted by Crippen LogP contribution is 2.17. The Morgan fingerprint density at radius 1 is 1.38 bits per heavy atom. The Balaban J connectivity index is 1.74. The molecular formula is C12H16N2S2. The van der Waals surface area contributed by atoms with Crippen molar-refractivity contribution < 1.29 is 0 Å². The van der Waals surface area contributed by atoms with Gasteiger partial charge in [-0.05, 0) is 42.7 Å². The lowest BCUT2D eigenvalue weighted by Crippen LogP contribution is -2.16. The van der Waals surface area contributed by atoms with Crippen LogP contribution in [0.15, 0.2) is 16.8 Å². The molecule has 2 aromatic heterocycles. The molecule has 4 heteroatoms. The van der Waals surface area contributed by atoms with Gasteiger partial charge in [0.25, 0.3) is 0 Å². The van der Waals surface area contributed by atoms with Gasteiger partial charge in [-0.1, -0.05) is 0 Å². The molecule has 0 bridgehead atoms. The molecular weight excluding hydrogens is 236 g/mol. The zero-order valence-corrected chi connectivity index (χ0v) is 11.3. The highest BCUT2D eigenvalue weighted by Gasteiger charge is 2.03. The number of thiophene rings is 1. The Morgan fingerprint density at radius 2 is 2.25 bits per heavy atom. The molecule has 0 aromatic carbocycles. The van der Waals surface area contributed by atoms with Gasteiger partial charge in [0.05, 0.1) is 10.7 Å². The lowest BCUT2D eigenvalue weighted by Gasteiger charge is -2.02. The Labute approximate surface area is 104 Å². The van der Waals surface area contributed by atoms with Crippen molar-refractivity contribution in [3.05, 3.63) is 38.0 Å². The number of nitrogens with one attached hydrogen (secondary N) is 1. The molecule has 1 N–H and O–H groups in total. The van der Waals surface area contributed by atoms with Crippen molar-refractivity contribution in [3.8, 4) is 0 Å². The van der Waals surface area contributed by atoms with Crippen LogP contribution >= 0.6 is 22.7 Å². The summed E-state index contributed by atoms with van der Waals surface area (Å²) in [5.74, 6) is 0. The molecule has 0 amide bonds. The van der Waals surface area contributed by atoms with Gasteiger partial charge in [-0.3, -0.25) is 0 Å². The summed E-state index contributed by atoms with van der Waals surface area (Å²) in [4.78, 5) is 5.84. The largest absolute Gasteiger partial charge is 0.312 e. The van der Waals surface area contributed by atoms with Crippen LogP contribution < -0.4 is 5.32 Å². The van der Waals surface area contributed by atoms with E-state index in [2.05, 4.69) is 41.0 Å². The fourth-order valence-corrected chi connectivity index (χ4v) is 3.24. The molecule has 16 heavy (non-hydrogen) atoms. The Kier molecular flexibility index (Phi) is 4.09. The molecule has 2 heterocycles. The van der Waals surface area contributed by atoms with Crippen molar-refractivity contribution in [3.63, 3.8) is 0 Å². The molecule has 0 aliphatic heterocycles. The number of thiazole rings is 1. The first-order valence-electron chi connectivity index (χ1n) is 5.40. The van der Waals surface area contributed by atoms with Crippen LogP contribution in [0.25, 0.3) is 0 Å².